The van der Waals surface area contributed by atoms with Gasteiger partial charge in [0.25, 0.3) is 0 Å². The Bertz CT molecular complexity index is 373. The number of carbonyl (C=O) groups is 4. The van der Waals surface area contributed by atoms with Gasteiger partial charge in [-0.3, -0.25) is 0 Å². The molecular formula is C12H20F4N2O8. The third-order valence-corrected chi connectivity index (χ3v) is 1.74. The van der Waals surface area contributed by atoms with Gasteiger partial charge in [0.05, 0.1) is 6.67 Å². The number of nitrogens with zero attached hydrogens (tertiary/aromatic N) is 2. The maximum absolute atomic E-state index is 9.92. The van der Waals surface area contributed by atoms with Crippen molar-refractivity contribution in [3.63, 3.8) is 0 Å². The van der Waals surface area contributed by atoms with Crippen LogP contribution >= 0.6 is 0 Å². The van der Waals surface area contributed by atoms with Crippen molar-refractivity contribution in [3.05, 3.63) is 12.4 Å². The zero-order chi connectivity index (χ0) is 21.7. The Morgan fingerprint density at radius 2 is 1.15 bits per heavy atom. The molecule has 1 aliphatic rings. The summed E-state index contributed by atoms with van der Waals surface area (Å²) in [6, 6.07) is 0. The molecule has 0 saturated heterocycles. The Kier molecular flexibility index (Phi) is 26.0. The van der Waals surface area contributed by atoms with E-state index in [1.165, 1.54) is 19.4 Å². The Hall–Kier alpha value is -3.06. The van der Waals surface area contributed by atoms with Gasteiger partial charge < -0.3 is 30.2 Å². The summed E-state index contributed by atoms with van der Waals surface area (Å²) in [7, 11) is 2.10. The van der Waals surface area contributed by atoms with Crippen LogP contribution in [0.5, 0.6) is 0 Å². The number of halogens is 4. The van der Waals surface area contributed by atoms with E-state index in [2.05, 4.69) is 36.2 Å². The fraction of sp³-hybridized carbons (Fsp3) is 0.500. The van der Waals surface area contributed by atoms with Crippen molar-refractivity contribution in [2.45, 2.75) is 19.8 Å². The van der Waals surface area contributed by atoms with E-state index in [4.69, 9.17) is 39.6 Å². The number of hydrogen-bond donors (Lipinski definition) is 4. The van der Waals surface area contributed by atoms with Crippen molar-refractivity contribution < 1.29 is 57.2 Å². The molecule has 1 aliphatic heterocycles. The van der Waals surface area contributed by atoms with Crippen LogP contribution in [0.4, 0.5) is 36.7 Å². The van der Waals surface area contributed by atoms with Gasteiger partial charge in [-0.05, 0) is 6.42 Å². The fourth-order valence-corrected chi connectivity index (χ4v) is 1.10. The van der Waals surface area contributed by atoms with Crippen LogP contribution < -0.4 is 0 Å². The first-order chi connectivity index (χ1) is 11.8. The minimum atomic E-state index is -2.33. The quantitative estimate of drug-likeness (QED) is 0.406. The molecule has 0 aromatic rings. The minimum absolute atomic E-state index is 1.07. The average molecular weight is 396 g/mol. The molecule has 154 valence electrons. The number of carboxylic acid groups (broad SMARTS) is 4. The van der Waals surface area contributed by atoms with Crippen LogP contribution in [-0.4, -0.2) is 75.4 Å². The first-order valence-corrected chi connectivity index (χ1v) is 6.42. The normalized spacial score (nSPS) is 10.4. The molecule has 1 rings (SSSR count). The first-order valence-electron chi connectivity index (χ1n) is 6.42. The highest BCUT2D eigenvalue weighted by molar-refractivity contribution is 5.55. The Morgan fingerprint density at radius 1 is 0.846 bits per heavy atom. The smallest absolute Gasteiger partial charge is 0.456 e. The van der Waals surface area contributed by atoms with Crippen molar-refractivity contribution in [1.82, 2.24) is 9.80 Å². The van der Waals surface area contributed by atoms with Crippen molar-refractivity contribution >= 4 is 24.9 Å². The molecule has 0 atom stereocenters. The van der Waals surface area contributed by atoms with E-state index in [0.717, 1.165) is 6.67 Å². The third kappa shape index (κ3) is 84.3. The van der Waals surface area contributed by atoms with E-state index in [1.807, 2.05) is 0 Å². The molecule has 0 aromatic heterocycles. The van der Waals surface area contributed by atoms with Crippen LogP contribution in [-0.2, 0) is 0 Å². The molecule has 0 aromatic carbocycles. The van der Waals surface area contributed by atoms with Crippen molar-refractivity contribution in [1.29, 1.82) is 0 Å². The third-order valence-electron chi connectivity index (χ3n) is 1.74. The minimum Gasteiger partial charge on any atom is -0.456 e. The molecular weight excluding hydrogens is 376 g/mol. The van der Waals surface area contributed by atoms with E-state index in [1.54, 1.807) is 0 Å². The molecule has 0 bridgehead atoms. The van der Waals surface area contributed by atoms with Gasteiger partial charge in [0.2, 0.25) is 0 Å². The summed E-state index contributed by atoms with van der Waals surface area (Å²) in [4.78, 5) is 37.9. The number of hydrogen-bond acceptors (Lipinski definition) is 6. The van der Waals surface area contributed by atoms with Crippen LogP contribution in [0.3, 0.4) is 0 Å². The molecule has 4 N–H and O–H groups in total. The van der Waals surface area contributed by atoms with Crippen LogP contribution in [0.1, 0.15) is 19.8 Å². The lowest BCUT2D eigenvalue weighted by Crippen LogP contribution is -2.23. The molecule has 26 heavy (non-hydrogen) atoms. The molecule has 0 spiro atoms. The molecule has 14 heteroatoms. The van der Waals surface area contributed by atoms with E-state index in [9.17, 15) is 17.6 Å². The SMILES string of the molecule is CCCCN1C=CN(C)C1.O=C(O)F.O=C(O)F.O=C(O)F.O=C(O)F. The Morgan fingerprint density at radius 3 is 1.35 bits per heavy atom. The second kappa shape index (κ2) is 21.9. The average Bonchev–Trinajstić information content (AvgIpc) is 2.79. The molecule has 0 aliphatic carbocycles. The molecule has 0 fully saturated rings. The predicted octanol–water partition coefficient (Wildman–Crippen LogP) is 4.00. The zero-order valence-electron chi connectivity index (χ0n) is 13.8. The summed E-state index contributed by atoms with van der Waals surface area (Å²) in [6.45, 7) is 4.50. The maximum Gasteiger partial charge on any atom is 0.492 e. The predicted molar refractivity (Wildman–Crippen MR) is 79.9 cm³/mol. The molecule has 10 nitrogen and oxygen atoms in total. The first kappa shape index (κ1) is 30.8. The molecule has 0 saturated carbocycles. The number of rotatable bonds is 3. The summed E-state index contributed by atoms with van der Waals surface area (Å²) in [6.07, 6.45) is -2.46. The monoisotopic (exact) mass is 396 g/mol. The van der Waals surface area contributed by atoms with Gasteiger partial charge >= 0.3 is 24.9 Å². The Balaban J connectivity index is -0.000000129. The summed E-state index contributed by atoms with van der Waals surface area (Å²) >= 11 is 0. The summed E-state index contributed by atoms with van der Waals surface area (Å²) < 4.78 is 39.7. The van der Waals surface area contributed by atoms with Gasteiger partial charge in [-0.25, -0.2) is 19.2 Å². The van der Waals surface area contributed by atoms with Crippen LogP contribution in [0.25, 0.3) is 0 Å². The van der Waals surface area contributed by atoms with Gasteiger partial charge in [-0.1, -0.05) is 13.3 Å². The lowest BCUT2D eigenvalue weighted by molar-refractivity contribution is 0.167. The molecule has 1 heterocycles. The lowest BCUT2D eigenvalue weighted by Gasteiger charge is -2.17. The van der Waals surface area contributed by atoms with Gasteiger partial charge in [0, 0.05) is 26.0 Å². The largest absolute Gasteiger partial charge is 0.492 e. The Labute approximate surface area is 145 Å². The molecule has 0 unspecified atom stereocenters. The van der Waals surface area contributed by atoms with Crippen LogP contribution in [0, 0.1) is 0 Å². The zero-order valence-corrected chi connectivity index (χ0v) is 13.8. The summed E-state index contributed by atoms with van der Waals surface area (Å²) in [5.74, 6) is 0. The standard InChI is InChI=1S/C8H16N2.4CHFO2/c1-3-4-5-10-7-6-9(2)8-10;4*2-1(3)4/h6-7H,3-5,8H2,1-2H3;4*(H,3,4). The van der Waals surface area contributed by atoms with Gasteiger partial charge in [0.15, 0.2) is 0 Å². The topological polar surface area (TPSA) is 156 Å². The maximum atomic E-state index is 9.92. The lowest BCUT2D eigenvalue weighted by atomic mass is 10.3. The second-order valence-electron chi connectivity index (χ2n) is 3.87. The fourth-order valence-electron chi connectivity index (χ4n) is 1.10. The van der Waals surface area contributed by atoms with Gasteiger partial charge in [0.1, 0.15) is 0 Å². The van der Waals surface area contributed by atoms with Crippen molar-refractivity contribution in [3.8, 4) is 0 Å². The molecule has 0 amide bonds. The van der Waals surface area contributed by atoms with Crippen LogP contribution in [0.15, 0.2) is 12.4 Å². The van der Waals surface area contributed by atoms with E-state index >= 15 is 0 Å². The second-order valence-corrected chi connectivity index (χ2v) is 3.87. The molecule has 0 radical (unpaired) electrons. The van der Waals surface area contributed by atoms with Gasteiger partial charge in [-0.15, -0.1) is 17.6 Å². The van der Waals surface area contributed by atoms with Crippen molar-refractivity contribution in [2.24, 2.45) is 0 Å². The summed E-state index contributed by atoms with van der Waals surface area (Å²) in [5.41, 5.74) is 0. The van der Waals surface area contributed by atoms with Crippen molar-refractivity contribution in [2.75, 3.05) is 20.3 Å². The summed E-state index contributed by atoms with van der Waals surface area (Å²) in [5, 5.41) is 27.0. The van der Waals surface area contributed by atoms with E-state index < -0.39 is 24.9 Å². The van der Waals surface area contributed by atoms with E-state index in [-0.39, 0.29) is 0 Å². The van der Waals surface area contributed by atoms with Crippen LogP contribution in [0.2, 0.25) is 0 Å². The number of unbranched alkanes of at least 4 members (excludes halogenated alkanes) is 1. The highest BCUT2D eigenvalue weighted by Gasteiger charge is 2.05. The van der Waals surface area contributed by atoms with Gasteiger partial charge in [-0.2, -0.15) is 0 Å². The van der Waals surface area contributed by atoms with E-state index in [0.29, 0.717) is 0 Å². The highest BCUT2D eigenvalue weighted by atomic mass is 19.2. The highest BCUT2D eigenvalue weighted by Crippen LogP contribution is 2.04.